The summed E-state index contributed by atoms with van der Waals surface area (Å²) >= 11 is 0. The Labute approximate surface area is 161 Å². The number of nitrogen functional groups attached to an aromatic ring is 1. The standard InChI is InChI=1S/C21H16N6O/c22-13-15-6-1-2-10-20(15)27-21(28)26(17-8-5-7-16(23)12-17)14-19(25-27)18-9-3-4-11-24-18/h1-12H,14,23H2. The van der Waals surface area contributed by atoms with Crippen LogP contribution in [0.4, 0.5) is 21.9 Å². The van der Waals surface area contributed by atoms with Crippen LogP contribution in [0.3, 0.4) is 0 Å². The van der Waals surface area contributed by atoms with Crippen LogP contribution in [0.1, 0.15) is 11.3 Å². The summed E-state index contributed by atoms with van der Waals surface area (Å²) in [5, 5.41) is 15.2. The predicted octanol–water partition coefficient (Wildman–Crippen LogP) is 3.39. The minimum atomic E-state index is -0.368. The fourth-order valence-corrected chi connectivity index (χ4v) is 3.00. The molecule has 1 aromatic heterocycles. The van der Waals surface area contributed by atoms with Gasteiger partial charge in [0.05, 0.1) is 23.5 Å². The van der Waals surface area contributed by atoms with Crippen molar-refractivity contribution in [2.24, 2.45) is 5.10 Å². The summed E-state index contributed by atoms with van der Waals surface area (Å²) in [5.74, 6) is 0. The Morgan fingerprint density at radius 3 is 2.61 bits per heavy atom. The molecule has 2 amide bonds. The van der Waals surface area contributed by atoms with E-state index in [1.165, 1.54) is 5.01 Å². The zero-order valence-electron chi connectivity index (χ0n) is 14.9. The number of carbonyl (C=O) groups excluding carboxylic acids is 1. The lowest BCUT2D eigenvalue weighted by molar-refractivity contribution is 0.251. The van der Waals surface area contributed by atoms with Gasteiger partial charge in [-0.15, -0.1) is 0 Å². The van der Waals surface area contributed by atoms with Crippen molar-refractivity contribution < 1.29 is 4.79 Å². The predicted molar refractivity (Wildman–Crippen MR) is 108 cm³/mol. The van der Waals surface area contributed by atoms with Crippen LogP contribution in [0.2, 0.25) is 0 Å². The van der Waals surface area contributed by atoms with Crippen LogP contribution in [-0.2, 0) is 0 Å². The largest absolute Gasteiger partial charge is 0.399 e. The molecule has 3 aromatic rings. The third kappa shape index (κ3) is 3.15. The van der Waals surface area contributed by atoms with Crippen molar-refractivity contribution in [3.8, 4) is 6.07 Å². The number of rotatable bonds is 3. The van der Waals surface area contributed by atoms with Gasteiger partial charge in [0.15, 0.2) is 0 Å². The Hall–Kier alpha value is -4.18. The highest BCUT2D eigenvalue weighted by molar-refractivity contribution is 6.15. The molecule has 0 atom stereocenters. The molecule has 7 nitrogen and oxygen atoms in total. The van der Waals surface area contributed by atoms with Crippen molar-refractivity contribution in [1.29, 1.82) is 5.26 Å². The van der Waals surface area contributed by atoms with Crippen LogP contribution in [0.25, 0.3) is 0 Å². The maximum atomic E-state index is 13.3. The van der Waals surface area contributed by atoms with E-state index in [-0.39, 0.29) is 12.6 Å². The van der Waals surface area contributed by atoms with E-state index in [2.05, 4.69) is 16.2 Å². The molecule has 2 heterocycles. The molecule has 2 aromatic carbocycles. The smallest absolute Gasteiger partial charge is 0.350 e. The Kier molecular flexibility index (Phi) is 4.44. The zero-order chi connectivity index (χ0) is 19.5. The van der Waals surface area contributed by atoms with E-state index in [1.807, 2.05) is 24.3 Å². The highest BCUT2D eigenvalue weighted by Gasteiger charge is 2.32. The SMILES string of the molecule is N#Cc1ccccc1N1N=C(c2ccccn2)CN(c2cccc(N)c2)C1=O. The molecule has 0 spiro atoms. The number of amides is 2. The molecular formula is C21H16N6O. The summed E-state index contributed by atoms with van der Waals surface area (Å²) in [4.78, 5) is 19.2. The number of hydrogen-bond donors (Lipinski definition) is 1. The van der Waals surface area contributed by atoms with Gasteiger partial charge in [-0.2, -0.15) is 15.4 Å². The fraction of sp³-hybridized carbons (Fsp3) is 0.0476. The molecule has 0 radical (unpaired) electrons. The second kappa shape index (κ2) is 7.21. The van der Waals surface area contributed by atoms with Crippen LogP contribution in [0.15, 0.2) is 78.0 Å². The van der Waals surface area contributed by atoms with Crippen LogP contribution in [0, 0.1) is 11.3 Å². The first-order chi connectivity index (χ1) is 13.7. The molecule has 28 heavy (non-hydrogen) atoms. The van der Waals surface area contributed by atoms with Gasteiger partial charge in [0.25, 0.3) is 0 Å². The van der Waals surface area contributed by atoms with E-state index in [4.69, 9.17) is 5.73 Å². The van der Waals surface area contributed by atoms with Gasteiger partial charge >= 0.3 is 6.03 Å². The topological polar surface area (TPSA) is 98.6 Å². The first kappa shape index (κ1) is 17.2. The van der Waals surface area contributed by atoms with Crippen molar-refractivity contribution in [3.63, 3.8) is 0 Å². The van der Waals surface area contributed by atoms with Crippen LogP contribution in [0.5, 0.6) is 0 Å². The first-order valence-electron chi connectivity index (χ1n) is 8.62. The van der Waals surface area contributed by atoms with Crippen molar-refractivity contribution in [3.05, 3.63) is 84.2 Å². The highest BCUT2D eigenvalue weighted by Crippen LogP contribution is 2.28. The number of urea groups is 1. The van der Waals surface area contributed by atoms with Gasteiger partial charge in [0.2, 0.25) is 0 Å². The maximum absolute atomic E-state index is 13.3. The molecule has 1 aliphatic heterocycles. The lowest BCUT2D eigenvalue weighted by Gasteiger charge is -2.33. The number of benzene rings is 2. The number of carbonyl (C=O) groups is 1. The normalized spacial score (nSPS) is 13.8. The van der Waals surface area contributed by atoms with Crippen molar-refractivity contribution in [1.82, 2.24) is 4.98 Å². The van der Waals surface area contributed by atoms with Crippen LogP contribution in [-0.4, -0.2) is 23.3 Å². The average Bonchev–Trinajstić information content (AvgIpc) is 2.74. The number of nitriles is 1. The summed E-state index contributed by atoms with van der Waals surface area (Å²) < 4.78 is 0. The van der Waals surface area contributed by atoms with E-state index in [1.54, 1.807) is 53.6 Å². The summed E-state index contributed by atoms with van der Waals surface area (Å²) in [5.41, 5.74) is 9.14. The minimum absolute atomic E-state index is 0.241. The summed E-state index contributed by atoms with van der Waals surface area (Å²) in [6.07, 6.45) is 1.67. The number of nitrogens with two attached hydrogens (primary N) is 1. The lowest BCUT2D eigenvalue weighted by atomic mass is 10.1. The lowest BCUT2D eigenvalue weighted by Crippen LogP contribution is -2.49. The van der Waals surface area contributed by atoms with E-state index in [0.29, 0.717) is 34.0 Å². The number of aromatic nitrogens is 1. The van der Waals surface area contributed by atoms with Gasteiger partial charge < -0.3 is 5.73 Å². The monoisotopic (exact) mass is 368 g/mol. The van der Waals surface area contributed by atoms with E-state index in [9.17, 15) is 10.1 Å². The Morgan fingerprint density at radius 2 is 1.86 bits per heavy atom. The number of pyridine rings is 1. The molecule has 0 saturated heterocycles. The van der Waals surface area contributed by atoms with Crippen molar-refractivity contribution in [2.45, 2.75) is 0 Å². The second-order valence-corrected chi connectivity index (χ2v) is 6.17. The maximum Gasteiger partial charge on any atom is 0.350 e. The van der Waals surface area contributed by atoms with Crippen LogP contribution < -0.4 is 15.6 Å². The minimum Gasteiger partial charge on any atom is -0.399 e. The zero-order valence-corrected chi connectivity index (χ0v) is 14.9. The van der Waals surface area contributed by atoms with Gasteiger partial charge in [-0.05, 0) is 42.5 Å². The van der Waals surface area contributed by atoms with Gasteiger partial charge in [0, 0.05) is 17.6 Å². The summed E-state index contributed by atoms with van der Waals surface area (Å²) in [6.45, 7) is 0.241. The summed E-state index contributed by atoms with van der Waals surface area (Å²) in [7, 11) is 0. The van der Waals surface area contributed by atoms with Crippen LogP contribution >= 0.6 is 0 Å². The molecule has 0 fully saturated rings. The molecule has 0 bridgehead atoms. The molecule has 4 rings (SSSR count). The third-order valence-corrected chi connectivity index (χ3v) is 4.34. The van der Waals surface area contributed by atoms with Gasteiger partial charge in [-0.25, -0.2) is 4.79 Å². The first-order valence-corrected chi connectivity index (χ1v) is 8.62. The molecular weight excluding hydrogens is 352 g/mol. The molecule has 1 aliphatic rings. The Morgan fingerprint density at radius 1 is 1.04 bits per heavy atom. The number of anilines is 3. The second-order valence-electron chi connectivity index (χ2n) is 6.17. The van der Waals surface area contributed by atoms with Crippen molar-refractivity contribution in [2.75, 3.05) is 22.2 Å². The van der Waals surface area contributed by atoms with Gasteiger partial charge in [-0.1, -0.05) is 24.3 Å². The van der Waals surface area contributed by atoms with E-state index in [0.717, 1.165) is 0 Å². The van der Waals surface area contributed by atoms with Gasteiger partial charge in [0.1, 0.15) is 11.8 Å². The number of nitrogens with zero attached hydrogens (tertiary/aromatic N) is 5. The van der Waals surface area contributed by atoms with Gasteiger partial charge in [-0.3, -0.25) is 9.88 Å². The van der Waals surface area contributed by atoms with E-state index >= 15 is 0 Å². The number of para-hydroxylation sites is 1. The Bertz CT molecular complexity index is 1100. The molecule has 2 N–H and O–H groups in total. The third-order valence-electron chi connectivity index (χ3n) is 4.34. The van der Waals surface area contributed by atoms with E-state index < -0.39 is 0 Å². The number of hydrogen-bond acceptors (Lipinski definition) is 5. The highest BCUT2D eigenvalue weighted by atomic mass is 16.2. The molecule has 7 heteroatoms. The quantitative estimate of drug-likeness (QED) is 0.716. The van der Waals surface area contributed by atoms with Crippen molar-refractivity contribution >= 4 is 28.8 Å². The Balaban J connectivity index is 1.86. The molecule has 0 aliphatic carbocycles. The molecule has 136 valence electrons. The summed E-state index contributed by atoms with van der Waals surface area (Å²) in [6, 6.07) is 21.2. The molecule has 0 unspecified atom stereocenters. The fourth-order valence-electron chi connectivity index (χ4n) is 3.00. The number of hydrazone groups is 1. The molecule has 0 saturated carbocycles. The average molecular weight is 368 g/mol.